The lowest BCUT2D eigenvalue weighted by molar-refractivity contribution is 0.159. The molecule has 1 N–H and O–H groups in total. The molecule has 0 aliphatic carbocycles. The standard InChI is InChI=1S/C14H22O/c1-10(2)5-6-14(15)13-8-11(3)7-12(4)9-13/h7-10,14-15H,5-6H2,1-4H3. The highest BCUT2D eigenvalue weighted by Crippen LogP contribution is 2.22. The molecule has 1 heteroatoms. The van der Waals surface area contributed by atoms with Crippen molar-refractivity contribution in [2.45, 2.75) is 46.6 Å². The minimum atomic E-state index is -0.300. The average Bonchev–Trinajstić information content (AvgIpc) is 2.12. The van der Waals surface area contributed by atoms with Crippen molar-refractivity contribution in [3.63, 3.8) is 0 Å². The molecule has 0 saturated carbocycles. The highest BCUT2D eigenvalue weighted by molar-refractivity contribution is 5.29. The van der Waals surface area contributed by atoms with Gasteiger partial charge in [-0.1, -0.05) is 43.2 Å². The normalized spacial score (nSPS) is 13.2. The fourth-order valence-corrected chi connectivity index (χ4v) is 1.86. The lowest BCUT2D eigenvalue weighted by Crippen LogP contribution is -2.00. The molecule has 1 aromatic carbocycles. The second-order valence-electron chi connectivity index (χ2n) is 4.91. The summed E-state index contributed by atoms with van der Waals surface area (Å²) in [5.74, 6) is 0.658. The Bertz CT molecular complexity index is 295. The molecule has 0 heterocycles. The van der Waals surface area contributed by atoms with Crippen LogP contribution in [-0.4, -0.2) is 5.11 Å². The molecule has 0 spiro atoms. The quantitative estimate of drug-likeness (QED) is 0.795. The Morgan fingerprint density at radius 2 is 1.53 bits per heavy atom. The van der Waals surface area contributed by atoms with Gasteiger partial charge in [0.25, 0.3) is 0 Å². The highest BCUT2D eigenvalue weighted by Gasteiger charge is 2.09. The number of hydrogen-bond donors (Lipinski definition) is 1. The van der Waals surface area contributed by atoms with Crippen LogP contribution in [0.4, 0.5) is 0 Å². The van der Waals surface area contributed by atoms with Crippen molar-refractivity contribution in [1.82, 2.24) is 0 Å². The number of aryl methyl sites for hydroxylation is 2. The van der Waals surface area contributed by atoms with E-state index in [9.17, 15) is 5.11 Å². The fraction of sp³-hybridized carbons (Fsp3) is 0.571. The molecule has 1 unspecified atom stereocenters. The fourth-order valence-electron chi connectivity index (χ4n) is 1.86. The summed E-state index contributed by atoms with van der Waals surface area (Å²) in [5.41, 5.74) is 3.52. The minimum absolute atomic E-state index is 0.300. The first kappa shape index (κ1) is 12.3. The topological polar surface area (TPSA) is 20.2 Å². The summed E-state index contributed by atoms with van der Waals surface area (Å²) < 4.78 is 0. The lowest BCUT2D eigenvalue weighted by Gasteiger charge is -2.14. The molecule has 1 nitrogen and oxygen atoms in total. The van der Waals surface area contributed by atoms with Crippen LogP contribution in [-0.2, 0) is 0 Å². The third kappa shape index (κ3) is 4.05. The zero-order valence-corrected chi connectivity index (χ0v) is 10.2. The van der Waals surface area contributed by atoms with Gasteiger partial charge in [-0.15, -0.1) is 0 Å². The summed E-state index contributed by atoms with van der Waals surface area (Å²) in [4.78, 5) is 0. The molecule has 1 atom stereocenters. The molecule has 84 valence electrons. The van der Waals surface area contributed by atoms with E-state index in [2.05, 4.69) is 45.9 Å². The number of aliphatic hydroxyl groups is 1. The Balaban J connectivity index is 2.68. The third-order valence-corrected chi connectivity index (χ3v) is 2.65. The number of hydrogen-bond acceptors (Lipinski definition) is 1. The van der Waals surface area contributed by atoms with Gasteiger partial charge in [-0.25, -0.2) is 0 Å². The van der Waals surface area contributed by atoms with E-state index < -0.39 is 0 Å². The van der Waals surface area contributed by atoms with E-state index in [-0.39, 0.29) is 6.10 Å². The second-order valence-corrected chi connectivity index (χ2v) is 4.91. The van der Waals surface area contributed by atoms with E-state index in [0.717, 1.165) is 18.4 Å². The minimum Gasteiger partial charge on any atom is -0.388 e. The Labute approximate surface area is 93.1 Å². The van der Waals surface area contributed by atoms with E-state index >= 15 is 0 Å². The zero-order valence-electron chi connectivity index (χ0n) is 10.2. The van der Waals surface area contributed by atoms with Gasteiger partial charge in [-0.05, 0) is 38.2 Å². The molecule has 0 radical (unpaired) electrons. The molecule has 1 rings (SSSR count). The average molecular weight is 206 g/mol. The van der Waals surface area contributed by atoms with Gasteiger partial charge in [0.2, 0.25) is 0 Å². The van der Waals surface area contributed by atoms with E-state index in [1.54, 1.807) is 0 Å². The molecule has 0 aliphatic rings. The summed E-state index contributed by atoms with van der Waals surface area (Å²) in [6.07, 6.45) is 1.64. The Morgan fingerprint density at radius 3 is 2.00 bits per heavy atom. The van der Waals surface area contributed by atoms with Crippen molar-refractivity contribution in [1.29, 1.82) is 0 Å². The van der Waals surface area contributed by atoms with Crippen LogP contribution in [0.15, 0.2) is 18.2 Å². The molecule has 0 bridgehead atoms. The summed E-state index contributed by atoms with van der Waals surface area (Å²) in [5, 5.41) is 10.0. The van der Waals surface area contributed by atoms with Crippen LogP contribution in [0, 0.1) is 19.8 Å². The maximum atomic E-state index is 10.0. The monoisotopic (exact) mass is 206 g/mol. The van der Waals surface area contributed by atoms with Gasteiger partial charge in [0.15, 0.2) is 0 Å². The van der Waals surface area contributed by atoms with Gasteiger partial charge < -0.3 is 5.11 Å². The molecular weight excluding hydrogens is 184 g/mol. The van der Waals surface area contributed by atoms with Gasteiger partial charge in [0.05, 0.1) is 6.10 Å². The van der Waals surface area contributed by atoms with Crippen molar-refractivity contribution in [2.24, 2.45) is 5.92 Å². The molecule has 0 amide bonds. The van der Waals surface area contributed by atoms with E-state index in [1.165, 1.54) is 11.1 Å². The van der Waals surface area contributed by atoms with Crippen LogP contribution in [0.2, 0.25) is 0 Å². The molecule has 1 aromatic rings. The maximum absolute atomic E-state index is 10.0. The van der Waals surface area contributed by atoms with Gasteiger partial charge in [0, 0.05) is 0 Å². The van der Waals surface area contributed by atoms with Crippen LogP contribution in [0.1, 0.15) is 49.5 Å². The van der Waals surface area contributed by atoms with Crippen molar-refractivity contribution in [3.05, 3.63) is 34.9 Å². The van der Waals surface area contributed by atoms with Crippen molar-refractivity contribution < 1.29 is 5.11 Å². The van der Waals surface area contributed by atoms with Crippen LogP contribution < -0.4 is 0 Å². The third-order valence-electron chi connectivity index (χ3n) is 2.65. The highest BCUT2D eigenvalue weighted by atomic mass is 16.3. The largest absolute Gasteiger partial charge is 0.388 e. The molecule has 15 heavy (non-hydrogen) atoms. The molecule has 0 aliphatic heterocycles. The smallest absolute Gasteiger partial charge is 0.0790 e. The number of benzene rings is 1. The van der Waals surface area contributed by atoms with Crippen molar-refractivity contribution in [2.75, 3.05) is 0 Å². The van der Waals surface area contributed by atoms with Gasteiger partial charge in [0.1, 0.15) is 0 Å². The van der Waals surface area contributed by atoms with Crippen LogP contribution in [0.25, 0.3) is 0 Å². The maximum Gasteiger partial charge on any atom is 0.0790 e. The van der Waals surface area contributed by atoms with Crippen LogP contribution in [0.3, 0.4) is 0 Å². The number of aliphatic hydroxyl groups excluding tert-OH is 1. The van der Waals surface area contributed by atoms with Gasteiger partial charge in [-0.2, -0.15) is 0 Å². The second kappa shape index (κ2) is 5.32. The molecule has 0 fully saturated rings. The van der Waals surface area contributed by atoms with E-state index in [4.69, 9.17) is 0 Å². The van der Waals surface area contributed by atoms with Gasteiger partial charge in [-0.3, -0.25) is 0 Å². The first-order chi connectivity index (χ1) is 6.99. The van der Waals surface area contributed by atoms with E-state index in [1.807, 2.05) is 0 Å². The summed E-state index contributed by atoms with van der Waals surface area (Å²) in [6.45, 7) is 8.53. The van der Waals surface area contributed by atoms with Crippen LogP contribution in [0.5, 0.6) is 0 Å². The zero-order chi connectivity index (χ0) is 11.4. The first-order valence-electron chi connectivity index (χ1n) is 5.75. The van der Waals surface area contributed by atoms with E-state index in [0.29, 0.717) is 5.92 Å². The first-order valence-corrected chi connectivity index (χ1v) is 5.75. The van der Waals surface area contributed by atoms with Crippen molar-refractivity contribution in [3.8, 4) is 0 Å². The molecule has 0 aromatic heterocycles. The molecule has 0 saturated heterocycles. The Hall–Kier alpha value is -0.820. The summed E-state index contributed by atoms with van der Waals surface area (Å²) in [6, 6.07) is 6.30. The Kier molecular flexibility index (Phi) is 4.34. The predicted molar refractivity (Wildman–Crippen MR) is 64.9 cm³/mol. The predicted octanol–water partition coefficient (Wildman–Crippen LogP) is 3.77. The van der Waals surface area contributed by atoms with Crippen molar-refractivity contribution >= 4 is 0 Å². The number of rotatable bonds is 4. The SMILES string of the molecule is Cc1cc(C)cc(C(O)CCC(C)C)c1. The lowest BCUT2D eigenvalue weighted by atomic mass is 9.97. The van der Waals surface area contributed by atoms with Crippen LogP contribution >= 0.6 is 0 Å². The summed E-state index contributed by atoms with van der Waals surface area (Å²) in [7, 11) is 0. The molecular formula is C14H22O. The van der Waals surface area contributed by atoms with Gasteiger partial charge >= 0.3 is 0 Å². The summed E-state index contributed by atoms with van der Waals surface area (Å²) >= 11 is 0. The Morgan fingerprint density at radius 1 is 1.00 bits per heavy atom.